The van der Waals surface area contributed by atoms with Crippen LogP contribution in [0.4, 0.5) is 4.79 Å². The van der Waals surface area contributed by atoms with E-state index in [4.69, 9.17) is 4.74 Å². The van der Waals surface area contributed by atoms with Crippen molar-refractivity contribution in [2.45, 2.75) is 57.5 Å². The largest absolute Gasteiger partial charge is 0.381 e. The molecule has 2 saturated heterocycles. The van der Waals surface area contributed by atoms with Crippen LogP contribution in [0.25, 0.3) is 0 Å². The van der Waals surface area contributed by atoms with E-state index in [9.17, 15) is 4.79 Å². The van der Waals surface area contributed by atoms with Crippen molar-refractivity contribution < 1.29 is 9.53 Å². The Morgan fingerprint density at radius 3 is 2.72 bits per heavy atom. The standard InChI is InChI=1S/C20H29N3O2/c1-15(13-16-3-9-21-10-4-16)22-19(24)23-14-20(7-2-8-20)18(23)17-5-11-25-12-6-17/h3-4,9-10,15,17-18H,2,5-8,11-14H2,1H3,(H,22,24). The molecule has 5 heteroatoms. The van der Waals surface area contributed by atoms with E-state index in [2.05, 4.69) is 22.1 Å². The zero-order valence-corrected chi connectivity index (χ0v) is 15.1. The number of amides is 2. The quantitative estimate of drug-likeness (QED) is 0.914. The normalized spacial score (nSPS) is 26.6. The summed E-state index contributed by atoms with van der Waals surface area (Å²) in [4.78, 5) is 19.1. The van der Waals surface area contributed by atoms with Crippen LogP contribution in [-0.4, -0.2) is 47.8 Å². The van der Waals surface area contributed by atoms with E-state index in [0.29, 0.717) is 17.4 Å². The number of carbonyl (C=O) groups is 1. The molecule has 1 spiro atoms. The lowest BCUT2D eigenvalue weighted by atomic mass is 9.54. The fraction of sp³-hybridized carbons (Fsp3) is 0.700. The Labute approximate surface area is 150 Å². The van der Waals surface area contributed by atoms with Crippen LogP contribution >= 0.6 is 0 Å². The molecule has 0 radical (unpaired) electrons. The van der Waals surface area contributed by atoms with E-state index in [0.717, 1.165) is 39.0 Å². The van der Waals surface area contributed by atoms with E-state index in [1.165, 1.54) is 24.8 Å². The van der Waals surface area contributed by atoms with Crippen molar-refractivity contribution in [3.63, 3.8) is 0 Å². The number of likely N-dealkylation sites (tertiary alicyclic amines) is 1. The van der Waals surface area contributed by atoms with Crippen molar-refractivity contribution in [1.29, 1.82) is 0 Å². The van der Waals surface area contributed by atoms with Crippen LogP contribution in [0, 0.1) is 11.3 Å². The lowest BCUT2D eigenvalue weighted by Crippen LogP contribution is -2.73. The molecule has 25 heavy (non-hydrogen) atoms. The molecular formula is C20H29N3O2. The Balaban J connectivity index is 1.37. The number of hydrogen-bond acceptors (Lipinski definition) is 3. The summed E-state index contributed by atoms with van der Waals surface area (Å²) >= 11 is 0. The number of rotatable bonds is 4. The first kappa shape index (κ1) is 16.8. The van der Waals surface area contributed by atoms with Gasteiger partial charge >= 0.3 is 6.03 Å². The number of aromatic nitrogens is 1. The maximum atomic E-state index is 12.9. The molecule has 3 heterocycles. The first-order valence-electron chi connectivity index (χ1n) is 9.72. The van der Waals surface area contributed by atoms with Gasteiger partial charge in [-0.25, -0.2) is 4.79 Å². The molecule has 1 aliphatic carbocycles. The minimum atomic E-state index is 0.121. The molecule has 2 unspecified atom stereocenters. The van der Waals surface area contributed by atoms with Gasteiger partial charge in [-0.1, -0.05) is 6.42 Å². The second kappa shape index (κ2) is 6.94. The second-order valence-electron chi connectivity index (χ2n) is 8.15. The number of hydrogen-bond donors (Lipinski definition) is 1. The van der Waals surface area contributed by atoms with Gasteiger partial charge in [-0.15, -0.1) is 0 Å². The van der Waals surface area contributed by atoms with Crippen molar-refractivity contribution in [3.8, 4) is 0 Å². The first-order valence-corrected chi connectivity index (χ1v) is 9.72. The summed E-state index contributed by atoms with van der Waals surface area (Å²) in [7, 11) is 0. The lowest BCUT2D eigenvalue weighted by Gasteiger charge is -2.65. The number of carbonyl (C=O) groups excluding carboxylic acids is 1. The highest BCUT2D eigenvalue weighted by Gasteiger charge is 2.59. The van der Waals surface area contributed by atoms with Crippen LogP contribution in [-0.2, 0) is 11.2 Å². The number of pyridine rings is 1. The van der Waals surface area contributed by atoms with Gasteiger partial charge in [-0.2, -0.15) is 0 Å². The number of nitrogens with zero attached hydrogens (tertiary/aromatic N) is 2. The molecule has 2 atom stereocenters. The predicted molar refractivity (Wildman–Crippen MR) is 96.3 cm³/mol. The van der Waals surface area contributed by atoms with Crippen LogP contribution in [0.15, 0.2) is 24.5 Å². The molecule has 2 aliphatic heterocycles. The van der Waals surface area contributed by atoms with Crippen molar-refractivity contribution >= 4 is 6.03 Å². The summed E-state index contributed by atoms with van der Waals surface area (Å²) in [5.41, 5.74) is 1.64. The molecule has 1 N–H and O–H groups in total. The van der Waals surface area contributed by atoms with Gasteiger partial charge in [-0.05, 0) is 62.6 Å². The van der Waals surface area contributed by atoms with Gasteiger partial charge in [0.1, 0.15) is 0 Å². The maximum absolute atomic E-state index is 12.9. The lowest BCUT2D eigenvalue weighted by molar-refractivity contribution is -0.137. The summed E-state index contributed by atoms with van der Waals surface area (Å²) in [6, 6.07) is 4.71. The van der Waals surface area contributed by atoms with E-state index >= 15 is 0 Å². The Morgan fingerprint density at radius 1 is 1.36 bits per heavy atom. The second-order valence-corrected chi connectivity index (χ2v) is 8.15. The van der Waals surface area contributed by atoms with Crippen molar-refractivity contribution in [2.24, 2.45) is 11.3 Å². The first-order chi connectivity index (χ1) is 12.2. The van der Waals surface area contributed by atoms with Crippen LogP contribution < -0.4 is 5.32 Å². The Bertz CT molecular complexity index is 596. The molecule has 5 nitrogen and oxygen atoms in total. The zero-order valence-electron chi connectivity index (χ0n) is 15.1. The SMILES string of the molecule is CC(Cc1ccncc1)NC(=O)N1CC2(CCC2)C1C1CCOCC1. The number of ether oxygens (including phenoxy) is 1. The smallest absolute Gasteiger partial charge is 0.317 e. The van der Waals surface area contributed by atoms with Gasteiger partial charge in [0.15, 0.2) is 0 Å². The van der Waals surface area contributed by atoms with Gasteiger partial charge in [-0.3, -0.25) is 4.98 Å². The van der Waals surface area contributed by atoms with Crippen molar-refractivity contribution in [1.82, 2.24) is 15.2 Å². The summed E-state index contributed by atoms with van der Waals surface area (Å²) in [5, 5.41) is 3.22. The van der Waals surface area contributed by atoms with Gasteiger partial charge in [0.25, 0.3) is 0 Å². The van der Waals surface area contributed by atoms with Crippen LogP contribution in [0.5, 0.6) is 0 Å². The highest BCUT2D eigenvalue weighted by molar-refractivity contribution is 5.76. The molecular weight excluding hydrogens is 314 g/mol. The third kappa shape index (κ3) is 3.26. The fourth-order valence-electron chi connectivity index (χ4n) is 5.04. The minimum absolute atomic E-state index is 0.121. The van der Waals surface area contributed by atoms with Gasteiger partial charge in [0.2, 0.25) is 0 Å². The van der Waals surface area contributed by atoms with Crippen molar-refractivity contribution in [2.75, 3.05) is 19.8 Å². The molecule has 4 rings (SSSR count). The molecule has 2 amide bonds. The fourth-order valence-corrected chi connectivity index (χ4v) is 5.04. The van der Waals surface area contributed by atoms with E-state index < -0.39 is 0 Å². The van der Waals surface area contributed by atoms with Gasteiger partial charge in [0, 0.05) is 49.7 Å². The van der Waals surface area contributed by atoms with E-state index in [1.54, 1.807) is 12.4 Å². The third-order valence-electron chi connectivity index (χ3n) is 6.43. The highest BCUT2D eigenvalue weighted by Crippen LogP contribution is 2.56. The van der Waals surface area contributed by atoms with Crippen LogP contribution in [0.2, 0.25) is 0 Å². The minimum Gasteiger partial charge on any atom is -0.381 e. The number of nitrogens with one attached hydrogen (secondary N) is 1. The zero-order chi connectivity index (χ0) is 17.3. The molecule has 3 fully saturated rings. The highest BCUT2D eigenvalue weighted by atomic mass is 16.5. The van der Waals surface area contributed by atoms with E-state index in [1.807, 2.05) is 12.1 Å². The average Bonchev–Trinajstić information content (AvgIpc) is 2.54. The maximum Gasteiger partial charge on any atom is 0.317 e. The van der Waals surface area contributed by atoms with Crippen molar-refractivity contribution in [3.05, 3.63) is 30.1 Å². The van der Waals surface area contributed by atoms with Crippen LogP contribution in [0.3, 0.4) is 0 Å². The van der Waals surface area contributed by atoms with Crippen LogP contribution in [0.1, 0.15) is 44.6 Å². The molecule has 3 aliphatic rings. The molecule has 0 aromatic carbocycles. The summed E-state index contributed by atoms with van der Waals surface area (Å²) in [6.45, 7) is 4.74. The molecule has 1 aromatic heterocycles. The Hall–Kier alpha value is -1.62. The molecule has 136 valence electrons. The van der Waals surface area contributed by atoms with Gasteiger partial charge in [0.05, 0.1) is 0 Å². The van der Waals surface area contributed by atoms with E-state index in [-0.39, 0.29) is 12.1 Å². The summed E-state index contributed by atoms with van der Waals surface area (Å²) in [6.07, 6.45) is 10.6. The summed E-state index contributed by atoms with van der Waals surface area (Å²) < 4.78 is 5.54. The average molecular weight is 343 g/mol. The Kier molecular flexibility index (Phi) is 4.67. The topological polar surface area (TPSA) is 54.5 Å². The Morgan fingerprint density at radius 2 is 2.08 bits per heavy atom. The molecule has 1 saturated carbocycles. The summed E-state index contributed by atoms with van der Waals surface area (Å²) in [5.74, 6) is 0.615. The predicted octanol–water partition coefficient (Wildman–Crippen LogP) is 3.00. The third-order valence-corrected chi connectivity index (χ3v) is 6.43. The monoisotopic (exact) mass is 343 g/mol. The molecule has 0 bridgehead atoms. The number of urea groups is 1. The molecule has 1 aromatic rings. The van der Waals surface area contributed by atoms with Gasteiger partial charge < -0.3 is 15.0 Å².